The molecule has 7 heteroatoms. The van der Waals surface area contributed by atoms with Gasteiger partial charge in [-0.2, -0.15) is 11.8 Å². The van der Waals surface area contributed by atoms with Crippen LogP contribution in [0.2, 0.25) is 0 Å². The Balaban J connectivity index is 2.26. The van der Waals surface area contributed by atoms with Crippen LogP contribution in [0.1, 0.15) is 17.7 Å². The highest BCUT2D eigenvalue weighted by Gasteiger charge is 2.01. The fourth-order valence-electron chi connectivity index (χ4n) is 1.42. The minimum absolute atomic E-state index is 0.0152. The molecule has 106 valence electrons. The summed E-state index contributed by atoms with van der Waals surface area (Å²) >= 11 is 1.82. The zero-order valence-corrected chi connectivity index (χ0v) is 11.6. The standard InChI is InChI=1S/C12H20N4O2S/c13-12(16-18)11-8-10(2-3-15-11)9-14-4-7-19-6-1-5-17/h2-3,8,14,17-18H,1,4-7,9H2,(H2,13,16). The van der Waals surface area contributed by atoms with Crippen LogP contribution in [0.5, 0.6) is 0 Å². The number of hydrogen-bond donors (Lipinski definition) is 4. The van der Waals surface area contributed by atoms with Gasteiger partial charge in [0.1, 0.15) is 5.69 Å². The minimum Gasteiger partial charge on any atom is -0.409 e. The smallest absolute Gasteiger partial charge is 0.188 e. The molecule has 1 aromatic rings. The maximum atomic E-state index is 8.64. The van der Waals surface area contributed by atoms with E-state index in [1.54, 1.807) is 12.3 Å². The number of nitrogens with zero attached hydrogens (tertiary/aromatic N) is 2. The van der Waals surface area contributed by atoms with Crippen molar-refractivity contribution in [1.29, 1.82) is 0 Å². The van der Waals surface area contributed by atoms with Gasteiger partial charge >= 0.3 is 0 Å². The number of nitrogens with two attached hydrogens (primary N) is 1. The lowest BCUT2D eigenvalue weighted by Crippen LogP contribution is -2.19. The van der Waals surface area contributed by atoms with Crippen molar-refractivity contribution in [2.45, 2.75) is 13.0 Å². The largest absolute Gasteiger partial charge is 0.409 e. The zero-order chi connectivity index (χ0) is 13.9. The highest BCUT2D eigenvalue weighted by Crippen LogP contribution is 2.03. The monoisotopic (exact) mass is 284 g/mol. The predicted molar refractivity (Wildman–Crippen MR) is 77.5 cm³/mol. The number of pyridine rings is 1. The van der Waals surface area contributed by atoms with E-state index < -0.39 is 0 Å². The Kier molecular flexibility index (Phi) is 7.95. The van der Waals surface area contributed by atoms with E-state index in [0.717, 1.165) is 36.6 Å². The van der Waals surface area contributed by atoms with Crippen molar-refractivity contribution in [2.24, 2.45) is 10.9 Å². The van der Waals surface area contributed by atoms with Crippen molar-refractivity contribution in [3.63, 3.8) is 0 Å². The van der Waals surface area contributed by atoms with Gasteiger partial charge < -0.3 is 21.4 Å². The molecule has 1 heterocycles. The fourth-order valence-corrected chi connectivity index (χ4v) is 2.25. The van der Waals surface area contributed by atoms with Crippen molar-refractivity contribution < 1.29 is 10.3 Å². The number of aliphatic hydroxyl groups excluding tert-OH is 1. The van der Waals surface area contributed by atoms with Crippen LogP contribution in [0.15, 0.2) is 23.5 Å². The first-order valence-corrected chi connectivity index (χ1v) is 7.25. The molecule has 6 nitrogen and oxygen atoms in total. The highest BCUT2D eigenvalue weighted by atomic mass is 32.2. The van der Waals surface area contributed by atoms with Crippen molar-refractivity contribution in [3.05, 3.63) is 29.6 Å². The molecule has 0 aromatic carbocycles. The molecule has 19 heavy (non-hydrogen) atoms. The van der Waals surface area contributed by atoms with E-state index in [9.17, 15) is 0 Å². The maximum Gasteiger partial charge on any atom is 0.188 e. The first-order chi connectivity index (χ1) is 9.27. The number of aliphatic hydroxyl groups is 1. The molecule has 0 atom stereocenters. The van der Waals surface area contributed by atoms with Crippen LogP contribution in [0.25, 0.3) is 0 Å². The van der Waals surface area contributed by atoms with Gasteiger partial charge in [0.15, 0.2) is 5.84 Å². The first kappa shape index (κ1) is 15.7. The fraction of sp³-hybridized carbons (Fsp3) is 0.500. The molecule has 0 bridgehead atoms. The molecule has 0 spiro atoms. The molecule has 5 N–H and O–H groups in total. The Morgan fingerprint density at radius 3 is 3.05 bits per heavy atom. The Bertz CT molecular complexity index is 401. The quantitative estimate of drug-likeness (QED) is 0.172. The maximum absolute atomic E-state index is 8.64. The Labute approximate surface area is 117 Å². The molecular formula is C12H20N4O2S. The Morgan fingerprint density at radius 2 is 2.32 bits per heavy atom. The van der Waals surface area contributed by atoms with Crippen LogP contribution in [0.3, 0.4) is 0 Å². The minimum atomic E-state index is 0.0152. The van der Waals surface area contributed by atoms with E-state index in [-0.39, 0.29) is 12.4 Å². The highest BCUT2D eigenvalue weighted by molar-refractivity contribution is 7.99. The van der Waals surface area contributed by atoms with Crippen LogP contribution in [0.4, 0.5) is 0 Å². The Hall–Kier alpha value is -1.31. The number of thioether (sulfide) groups is 1. The summed E-state index contributed by atoms with van der Waals surface area (Å²) in [5.74, 6) is 2.01. The molecule has 0 saturated heterocycles. The van der Waals surface area contributed by atoms with Gasteiger partial charge in [-0.15, -0.1) is 0 Å². The summed E-state index contributed by atoms with van der Waals surface area (Å²) in [7, 11) is 0. The van der Waals surface area contributed by atoms with Gasteiger partial charge in [-0.1, -0.05) is 5.16 Å². The number of nitrogens with one attached hydrogen (secondary N) is 1. The summed E-state index contributed by atoms with van der Waals surface area (Å²) in [6.07, 6.45) is 2.48. The molecular weight excluding hydrogens is 264 g/mol. The molecule has 0 aliphatic carbocycles. The summed E-state index contributed by atoms with van der Waals surface area (Å²) in [5, 5.41) is 23.5. The van der Waals surface area contributed by atoms with Crippen LogP contribution in [0, 0.1) is 0 Å². The summed E-state index contributed by atoms with van der Waals surface area (Å²) in [5.41, 5.74) is 6.99. The van der Waals surface area contributed by atoms with E-state index in [1.165, 1.54) is 0 Å². The van der Waals surface area contributed by atoms with Crippen LogP contribution in [-0.4, -0.2) is 45.8 Å². The van der Waals surface area contributed by atoms with E-state index in [0.29, 0.717) is 5.69 Å². The summed E-state index contributed by atoms with van der Waals surface area (Å²) in [6, 6.07) is 3.68. The average molecular weight is 284 g/mol. The molecule has 0 radical (unpaired) electrons. The third-order valence-electron chi connectivity index (χ3n) is 2.39. The predicted octanol–water partition coefficient (Wildman–Crippen LogP) is 0.381. The van der Waals surface area contributed by atoms with Crippen molar-refractivity contribution in [1.82, 2.24) is 10.3 Å². The summed E-state index contributed by atoms with van der Waals surface area (Å²) in [6.45, 7) is 1.88. The van der Waals surface area contributed by atoms with Gasteiger partial charge in [0, 0.05) is 31.6 Å². The Morgan fingerprint density at radius 1 is 1.47 bits per heavy atom. The number of hydrogen-bond acceptors (Lipinski definition) is 6. The van der Waals surface area contributed by atoms with Gasteiger partial charge in [0.25, 0.3) is 0 Å². The first-order valence-electron chi connectivity index (χ1n) is 6.10. The second kappa shape index (κ2) is 9.60. The van der Waals surface area contributed by atoms with Crippen molar-refractivity contribution >= 4 is 17.6 Å². The lowest BCUT2D eigenvalue weighted by Gasteiger charge is -2.06. The topological polar surface area (TPSA) is 104 Å². The lowest BCUT2D eigenvalue weighted by molar-refractivity contribution is 0.296. The molecule has 0 unspecified atom stereocenters. The zero-order valence-electron chi connectivity index (χ0n) is 10.7. The molecule has 0 aliphatic rings. The lowest BCUT2D eigenvalue weighted by atomic mass is 10.2. The van der Waals surface area contributed by atoms with Gasteiger partial charge in [0.2, 0.25) is 0 Å². The van der Waals surface area contributed by atoms with Crippen molar-refractivity contribution in [3.8, 4) is 0 Å². The molecule has 1 aromatic heterocycles. The molecule has 1 rings (SSSR count). The van der Waals surface area contributed by atoms with Crippen LogP contribution in [-0.2, 0) is 6.54 Å². The summed E-state index contributed by atoms with van der Waals surface area (Å²) in [4.78, 5) is 4.02. The molecule has 0 saturated carbocycles. The van der Waals surface area contributed by atoms with E-state index in [4.69, 9.17) is 16.0 Å². The molecule has 0 fully saturated rings. The molecule has 0 amide bonds. The van der Waals surface area contributed by atoms with Crippen molar-refractivity contribution in [2.75, 3.05) is 24.7 Å². The second-order valence-electron chi connectivity index (χ2n) is 3.90. The SMILES string of the molecule is N/C(=N/O)c1cc(CNCCSCCCO)ccn1. The number of oxime groups is 1. The van der Waals surface area contributed by atoms with Gasteiger partial charge in [-0.05, 0) is 29.9 Å². The number of amidine groups is 1. The normalized spacial score (nSPS) is 11.7. The third kappa shape index (κ3) is 6.42. The van der Waals surface area contributed by atoms with E-state index in [2.05, 4.69) is 15.5 Å². The number of rotatable bonds is 9. The summed E-state index contributed by atoms with van der Waals surface area (Å²) < 4.78 is 0. The van der Waals surface area contributed by atoms with Gasteiger partial charge in [0.05, 0.1) is 0 Å². The van der Waals surface area contributed by atoms with Crippen LogP contribution < -0.4 is 11.1 Å². The molecule has 0 aliphatic heterocycles. The van der Waals surface area contributed by atoms with E-state index in [1.807, 2.05) is 17.8 Å². The average Bonchev–Trinajstić information content (AvgIpc) is 2.46. The second-order valence-corrected chi connectivity index (χ2v) is 5.13. The third-order valence-corrected chi connectivity index (χ3v) is 3.46. The van der Waals surface area contributed by atoms with Gasteiger partial charge in [-0.3, -0.25) is 4.98 Å². The number of aromatic nitrogens is 1. The van der Waals surface area contributed by atoms with E-state index >= 15 is 0 Å². The van der Waals surface area contributed by atoms with Gasteiger partial charge in [-0.25, -0.2) is 0 Å². The van der Waals surface area contributed by atoms with Crippen LogP contribution >= 0.6 is 11.8 Å².